The van der Waals surface area contributed by atoms with E-state index in [1.807, 2.05) is 6.92 Å². The van der Waals surface area contributed by atoms with Crippen molar-refractivity contribution >= 4 is 0 Å². The molecule has 0 spiro atoms. The zero-order chi connectivity index (χ0) is 10.8. The zero-order valence-electron chi connectivity index (χ0n) is 9.67. The number of nitrogens with one attached hydrogen (secondary N) is 1. The standard InChI is InChI=1S/C11H21N3/c1-9(14(3)4)7-11(2,8-12)13-10-5-6-10/h9-10,13H,5-7H2,1-4H3. The molecule has 1 fully saturated rings. The fourth-order valence-electron chi connectivity index (χ4n) is 1.59. The Kier molecular flexibility index (Phi) is 3.52. The molecule has 3 heteroatoms. The lowest BCUT2D eigenvalue weighted by molar-refractivity contribution is 0.249. The first-order valence-electron chi connectivity index (χ1n) is 5.32. The summed E-state index contributed by atoms with van der Waals surface area (Å²) >= 11 is 0. The van der Waals surface area contributed by atoms with Gasteiger partial charge in [-0.25, -0.2) is 0 Å². The van der Waals surface area contributed by atoms with E-state index >= 15 is 0 Å². The Morgan fingerprint density at radius 3 is 2.50 bits per heavy atom. The Balaban J connectivity index is 2.47. The number of nitrogens with zero attached hydrogens (tertiary/aromatic N) is 2. The minimum atomic E-state index is -0.356. The lowest BCUT2D eigenvalue weighted by Crippen LogP contribution is -2.46. The summed E-state index contributed by atoms with van der Waals surface area (Å²) in [6, 6.07) is 3.43. The summed E-state index contributed by atoms with van der Waals surface area (Å²) in [5.74, 6) is 0. The van der Waals surface area contributed by atoms with Crippen molar-refractivity contribution in [1.29, 1.82) is 5.26 Å². The average Bonchev–Trinajstić information content (AvgIpc) is 2.88. The third-order valence-corrected chi connectivity index (χ3v) is 2.93. The van der Waals surface area contributed by atoms with E-state index in [1.54, 1.807) is 0 Å². The van der Waals surface area contributed by atoms with E-state index in [0.717, 1.165) is 6.42 Å². The van der Waals surface area contributed by atoms with Crippen LogP contribution in [0, 0.1) is 11.3 Å². The van der Waals surface area contributed by atoms with Gasteiger partial charge in [0.15, 0.2) is 0 Å². The van der Waals surface area contributed by atoms with Gasteiger partial charge in [-0.15, -0.1) is 0 Å². The van der Waals surface area contributed by atoms with Gasteiger partial charge in [0.25, 0.3) is 0 Å². The Morgan fingerprint density at radius 1 is 1.57 bits per heavy atom. The molecule has 80 valence electrons. The summed E-state index contributed by atoms with van der Waals surface area (Å²) < 4.78 is 0. The van der Waals surface area contributed by atoms with Crippen molar-refractivity contribution in [3.05, 3.63) is 0 Å². The van der Waals surface area contributed by atoms with Crippen LogP contribution in [0.1, 0.15) is 33.1 Å². The maximum absolute atomic E-state index is 9.16. The highest BCUT2D eigenvalue weighted by molar-refractivity contribution is 5.08. The van der Waals surface area contributed by atoms with Crippen LogP contribution in [0.15, 0.2) is 0 Å². The Morgan fingerprint density at radius 2 is 2.14 bits per heavy atom. The van der Waals surface area contributed by atoms with Crippen LogP contribution in [0.25, 0.3) is 0 Å². The fraction of sp³-hybridized carbons (Fsp3) is 0.909. The van der Waals surface area contributed by atoms with Gasteiger partial charge in [-0.2, -0.15) is 5.26 Å². The highest BCUT2D eigenvalue weighted by atomic mass is 15.1. The van der Waals surface area contributed by atoms with E-state index in [2.05, 4.69) is 37.3 Å². The summed E-state index contributed by atoms with van der Waals surface area (Å²) in [6.07, 6.45) is 3.34. The van der Waals surface area contributed by atoms with Gasteiger partial charge in [0, 0.05) is 12.1 Å². The summed E-state index contributed by atoms with van der Waals surface area (Å²) in [5, 5.41) is 12.6. The van der Waals surface area contributed by atoms with Crippen molar-refractivity contribution in [2.45, 2.75) is 50.7 Å². The van der Waals surface area contributed by atoms with Crippen LogP contribution in [0.2, 0.25) is 0 Å². The molecule has 2 unspecified atom stereocenters. The highest BCUT2D eigenvalue weighted by Gasteiger charge is 2.33. The minimum absolute atomic E-state index is 0.356. The molecule has 0 saturated heterocycles. The second-order valence-corrected chi connectivity index (χ2v) is 4.88. The molecule has 0 heterocycles. The van der Waals surface area contributed by atoms with Gasteiger partial charge in [-0.1, -0.05) is 0 Å². The van der Waals surface area contributed by atoms with Crippen molar-refractivity contribution < 1.29 is 0 Å². The van der Waals surface area contributed by atoms with E-state index in [-0.39, 0.29) is 5.54 Å². The van der Waals surface area contributed by atoms with Gasteiger partial charge in [0.2, 0.25) is 0 Å². The largest absolute Gasteiger partial charge is 0.307 e. The quantitative estimate of drug-likeness (QED) is 0.720. The summed E-state index contributed by atoms with van der Waals surface area (Å²) in [6.45, 7) is 4.16. The van der Waals surface area contributed by atoms with Crippen molar-refractivity contribution in [1.82, 2.24) is 10.2 Å². The molecule has 1 aliphatic carbocycles. The van der Waals surface area contributed by atoms with Crippen molar-refractivity contribution in [3.8, 4) is 6.07 Å². The molecule has 1 N–H and O–H groups in total. The van der Waals surface area contributed by atoms with E-state index in [1.165, 1.54) is 12.8 Å². The van der Waals surface area contributed by atoms with E-state index in [4.69, 9.17) is 5.26 Å². The molecule has 0 aromatic carbocycles. The third-order valence-electron chi connectivity index (χ3n) is 2.93. The molecule has 2 atom stereocenters. The van der Waals surface area contributed by atoms with Crippen LogP contribution in [-0.2, 0) is 0 Å². The molecule has 0 aliphatic heterocycles. The van der Waals surface area contributed by atoms with Crippen molar-refractivity contribution in [2.75, 3.05) is 14.1 Å². The summed E-state index contributed by atoms with van der Waals surface area (Å²) in [4.78, 5) is 2.16. The Hall–Kier alpha value is -0.590. The molecular formula is C11H21N3. The van der Waals surface area contributed by atoms with Crippen LogP contribution in [-0.4, -0.2) is 36.6 Å². The molecule has 14 heavy (non-hydrogen) atoms. The minimum Gasteiger partial charge on any atom is -0.307 e. The normalized spacial score (nSPS) is 22.9. The molecule has 0 aromatic heterocycles. The Labute approximate surface area is 87.1 Å². The van der Waals surface area contributed by atoms with E-state index in [0.29, 0.717) is 12.1 Å². The van der Waals surface area contributed by atoms with Gasteiger partial charge in [0.1, 0.15) is 5.54 Å². The van der Waals surface area contributed by atoms with Gasteiger partial charge >= 0.3 is 0 Å². The maximum Gasteiger partial charge on any atom is 0.105 e. The molecule has 1 rings (SSSR count). The molecule has 1 saturated carbocycles. The lowest BCUT2D eigenvalue weighted by atomic mass is 9.94. The SMILES string of the molecule is CC(CC(C)(C#N)NC1CC1)N(C)C. The van der Waals surface area contributed by atoms with E-state index < -0.39 is 0 Å². The number of nitriles is 1. The zero-order valence-corrected chi connectivity index (χ0v) is 9.67. The maximum atomic E-state index is 9.16. The highest BCUT2D eigenvalue weighted by Crippen LogP contribution is 2.24. The predicted octanol–water partition coefficient (Wildman–Crippen LogP) is 1.36. The average molecular weight is 195 g/mol. The van der Waals surface area contributed by atoms with Crippen LogP contribution in [0.4, 0.5) is 0 Å². The van der Waals surface area contributed by atoms with Crippen molar-refractivity contribution in [2.24, 2.45) is 0 Å². The summed E-state index contributed by atoms with van der Waals surface area (Å²) in [5.41, 5.74) is -0.356. The van der Waals surface area contributed by atoms with Crippen LogP contribution in [0.5, 0.6) is 0 Å². The van der Waals surface area contributed by atoms with Gasteiger partial charge in [-0.3, -0.25) is 5.32 Å². The van der Waals surface area contributed by atoms with Gasteiger partial charge in [0.05, 0.1) is 6.07 Å². The number of hydrogen-bond donors (Lipinski definition) is 1. The monoisotopic (exact) mass is 195 g/mol. The van der Waals surface area contributed by atoms with Gasteiger partial charge < -0.3 is 4.90 Å². The molecule has 0 amide bonds. The Bertz CT molecular complexity index is 227. The fourth-order valence-corrected chi connectivity index (χ4v) is 1.59. The molecule has 0 radical (unpaired) electrons. The number of rotatable bonds is 5. The van der Waals surface area contributed by atoms with Crippen LogP contribution >= 0.6 is 0 Å². The van der Waals surface area contributed by atoms with Gasteiger partial charge in [-0.05, 0) is 47.2 Å². The second-order valence-electron chi connectivity index (χ2n) is 4.88. The topological polar surface area (TPSA) is 39.1 Å². The first-order valence-corrected chi connectivity index (χ1v) is 5.32. The first kappa shape index (κ1) is 11.5. The molecular weight excluding hydrogens is 174 g/mol. The number of hydrogen-bond acceptors (Lipinski definition) is 3. The molecule has 1 aliphatic rings. The van der Waals surface area contributed by atoms with Crippen molar-refractivity contribution in [3.63, 3.8) is 0 Å². The molecule has 0 bridgehead atoms. The molecule has 3 nitrogen and oxygen atoms in total. The van der Waals surface area contributed by atoms with E-state index in [9.17, 15) is 0 Å². The predicted molar refractivity (Wildman–Crippen MR) is 57.9 cm³/mol. The second kappa shape index (κ2) is 4.29. The lowest BCUT2D eigenvalue weighted by Gasteiger charge is -2.29. The van der Waals surface area contributed by atoms with Crippen LogP contribution < -0.4 is 5.32 Å². The smallest absolute Gasteiger partial charge is 0.105 e. The molecule has 0 aromatic rings. The third kappa shape index (κ3) is 3.28. The summed E-state index contributed by atoms with van der Waals surface area (Å²) in [7, 11) is 4.11. The van der Waals surface area contributed by atoms with Crippen LogP contribution in [0.3, 0.4) is 0 Å². The first-order chi connectivity index (χ1) is 6.47.